The quantitative estimate of drug-likeness (QED) is 0.642. The molecule has 2 aliphatic heterocycles. The van der Waals surface area contributed by atoms with E-state index in [0.717, 1.165) is 42.4 Å². The number of piperidine rings is 1. The predicted molar refractivity (Wildman–Crippen MR) is 108 cm³/mol. The third kappa shape index (κ3) is 3.26. The molecule has 1 aromatic carbocycles. The van der Waals surface area contributed by atoms with Crippen LogP contribution in [-0.4, -0.2) is 52.7 Å². The second kappa shape index (κ2) is 6.98. The highest BCUT2D eigenvalue weighted by molar-refractivity contribution is 6.17. The Bertz CT molecular complexity index is 954. The summed E-state index contributed by atoms with van der Waals surface area (Å²) in [6, 6.07) is 7.62. The molecule has 1 atom stereocenters. The summed E-state index contributed by atoms with van der Waals surface area (Å²) in [6.07, 6.45) is 3.41. The number of carboxylic acids is 1. The van der Waals surface area contributed by atoms with E-state index in [-0.39, 0.29) is 17.6 Å². The van der Waals surface area contributed by atoms with E-state index < -0.39 is 11.4 Å². The molecule has 0 spiro atoms. The number of fused-ring (bicyclic) bond motifs is 3. The van der Waals surface area contributed by atoms with Crippen molar-refractivity contribution in [2.45, 2.75) is 38.1 Å². The second-order valence-corrected chi connectivity index (χ2v) is 8.27. The fourth-order valence-corrected chi connectivity index (χ4v) is 4.34. The molecule has 0 unspecified atom stereocenters. The number of urea groups is 1. The third-order valence-corrected chi connectivity index (χ3v) is 5.62. The Labute approximate surface area is 163 Å². The Morgan fingerprint density at radius 2 is 2.07 bits per heavy atom. The van der Waals surface area contributed by atoms with Gasteiger partial charge in [-0.25, -0.2) is 9.59 Å². The molecule has 0 aliphatic carbocycles. The maximum atomic E-state index is 13.0. The maximum Gasteiger partial charge on any atom is 0.339 e. The molecule has 0 saturated carbocycles. The van der Waals surface area contributed by atoms with Crippen molar-refractivity contribution in [2.24, 2.45) is 0 Å². The summed E-state index contributed by atoms with van der Waals surface area (Å²) in [5.74, 6) is -1.05. The largest absolute Gasteiger partial charge is 0.478 e. The van der Waals surface area contributed by atoms with Crippen LogP contribution < -0.4 is 10.6 Å². The zero-order chi connectivity index (χ0) is 19.9. The summed E-state index contributed by atoms with van der Waals surface area (Å²) < 4.78 is 0. The molecular formula is C21H26N4O3. The molecule has 28 heavy (non-hydrogen) atoms. The molecule has 1 saturated heterocycles. The first kappa shape index (κ1) is 18.6. The van der Waals surface area contributed by atoms with Gasteiger partial charge in [-0.3, -0.25) is 4.90 Å². The lowest BCUT2D eigenvalue weighted by molar-refractivity contribution is -0.130. The van der Waals surface area contributed by atoms with Gasteiger partial charge in [0.15, 0.2) is 0 Å². The van der Waals surface area contributed by atoms with E-state index in [1.54, 1.807) is 0 Å². The Morgan fingerprint density at radius 3 is 2.79 bits per heavy atom. The molecule has 4 N–H and O–H groups in total. The molecule has 4 rings (SSSR count). The summed E-state index contributed by atoms with van der Waals surface area (Å²) in [5.41, 5.74) is 2.09. The van der Waals surface area contributed by atoms with Crippen LogP contribution in [0.1, 0.15) is 37.9 Å². The maximum absolute atomic E-state index is 13.0. The Morgan fingerprint density at radius 1 is 1.29 bits per heavy atom. The highest BCUT2D eigenvalue weighted by Gasteiger charge is 2.37. The molecule has 148 valence electrons. The Kier molecular flexibility index (Phi) is 4.63. The lowest BCUT2D eigenvalue weighted by atomic mass is 9.82. The van der Waals surface area contributed by atoms with Crippen LogP contribution in [0.4, 0.5) is 4.79 Å². The number of hydrogen-bond acceptors (Lipinski definition) is 3. The van der Waals surface area contributed by atoms with E-state index in [1.807, 2.05) is 38.1 Å². The fourth-order valence-electron chi connectivity index (χ4n) is 4.34. The monoisotopic (exact) mass is 382 g/mol. The minimum Gasteiger partial charge on any atom is -0.478 e. The van der Waals surface area contributed by atoms with Crippen LogP contribution in [0.15, 0.2) is 30.5 Å². The molecule has 0 radical (unpaired) electrons. The number of nitrogens with one attached hydrogen (secondary N) is 3. The summed E-state index contributed by atoms with van der Waals surface area (Å²) >= 11 is 0. The van der Waals surface area contributed by atoms with Gasteiger partial charge < -0.3 is 20.7 Å². The van der Waals surface area contributed by atoms with Crippen molar-refractivity contribution in [3.63, 3.8) is 0 Å². The van der Waals surface area contributed by atoms with E-state index in [2.05, 4.69) is 15.6 Å². The third-order valence-electron chi connectivity index (χ3n) is 5.62. The number of H-pyrrole nitrogens is 1. The second-order valence-electron chi connectivity index (χ2n) is 8.27. The number of carbonyl (C=O) groups is 2. The number of carboxylic acid groups (broad SMARTS) is 1. The van der Waals surface area contributed by atoms with Gasteiger partial charge in [-0.15, -0.1) is 0 Å². The zero-order valence-electron chi connectivity index (χ0n) is 16.2. The number of nitrogens with zero attached hydrogens (tertiary/aromatic N) is 1. The molecule has 0 bridgehead atoms. The molecule has 2 aromatic rings. The van der Waals surface area contributed by atoms with Crippen LogP contribution in [0.5, 0.6) is 0 Å². The number of benzene rings is 1. The summed E-state index contributed by atoms with van der Waals surface area (Å²) in [5, 5.41) is 17.2. The topological polar surface area (TPSA) is 97.5 Å². The molecule has 3 heterocycles. The minimum absolute atomic E-state index is 0.0629. The van der Waals surface area contributed by atoms with Crippen molar-refractivity contribution >= 4 is 28.5 Å². The van der Waals surface area contributed by atoms with Crippen molar-refractivity contribution in [3.05, 3.63) is 41.7 Å². The SMILES string of the molecule is CC1(C)CN(C(=O)N[C@H]2CCCNC2)C=C(C(=O)O)c2[nH]c3ccccc3c21. The average molecular weight is 382 g/mol. The molecule has 2 aliphatic rings. The van der Waals surface area contributed by atoms with Gasteiger partial charge in [0.25, 0.3) is 0 Å². The molecule has 1 aromatic heterocycles. The van der Waals surface area contributed by atoms with Crippen LogP contribution in [-0.2, 0) is 10.2 Å². The van der Waals surface area contributed by atoms with E-state index >= 15 is 0 Å². The normalized spacial score (nSPS) is 21.6. The van der Waals surface area contributed by atoms with Crippen molar-refractivity contribution in [1.29, 1.82) is 0 Å². The summed E-state index contributed by atoms with van der Waals surface area (Å²) in [4.78, 5) is 29.8. The highest BCUT2D eigenvalue weighted by atomic mass is 16.4. The van der Waals surface area contributed by atoms with Gasteiger partial charge in [-0.1, -0.05) is 32.0 Å². The van der Waals surface area contributed by atoms with E-state index in [1.165, 1.54) is 11.1 Å². The number of rotatable bonds is 2. The van der Waals surface area contributed by atoms with Crippen LogP contribution in [0.2, 0.25) is 0 Å². The first-order chi connectivity index (χ1) is 13.4. The van der Waals surface area contributed by atoms with Crippen LogP contribution in [0.25, 0.3) is 16.5 Å². The number of amides is 2. The first-order valence-electron chi connectivity index (χ1n) is 9.71. The Hall–Kier alpha value is -2.80. The smallest absolute Gasteiger partial charge is 0.339 e. The molecule has 7 heteroatoms. The van der Waals surface area contributed by atoms with Crippen molar-refractivity contribution in [1.82, 2.24) is 20.5 Å². The summed E-state index contributed by atoms with van der Waals surface area (Å²) in [7, 11) is 0. The lowest BCUT2D eigenvalue weighted by Gasteiger charge is -2.31. The van der Waals surface area contributed by atoms with Crippen LogP contribution in [0, 0.1) is 0 Å². The van der Waals surface area contributed by atoms with E-state index in [9.17, 15) is 14.7 Å². The van der Waals surface area contributed by atoms with E-state index in [0.29, 0.717) is 12.2 Å². The van der Waals surface area contributed by atoms with Gasteiger partial charge in [-0.2, -0.15) is 0 Å². The number of hydrogen-bond donors (Lipinski definition) is 4. The summed E-state index contributed by atoms with van der Waals surface area (Å²) in [6.45, 7) is 6.20. The van der Waals surface area contributed by atoms with Crippen molar-refractivity contribution in [3.8, 4) is 0 Å². The molecule has 7 nitrogen and oxygen atoms in total. The molecular weight excluding hydrogens is 356 g/mol. The van der Waals surface area contributed by atoms with Gasteiger partial charge in [0.2, 0.25) is 0 Å². The van der Waals surface area contributed by atoms with Crippen molar-refractivity contribution < 1.29 is 14.7 Å². The molecule has 1 fully saturated rings. The zero-order valence-corrected chi connectivity index (χ0v) is 16.2. The van der Waals surface area contributed by atoms with Gasteiger partial charge in [0.1, 0.15) is 0 Å². The predicted octanol–water partition coefficient (Wildman–Crippen LogP) is 2.65. The standard InChI is InChI=1S/C21H26N4O3/c1-21(2)12-25(20(28)23-13-6-5-9-22-10-13)11-15(19(26)27)18-17(21)14-7-3-4-8-16(14)24-18/h3-4,7-8,11,13,22,24H,5-6,9-10,12H2,1-2H3,(H,23,28)(H,26,27)/t13-/m0/s1. The van der Waals surface area contributed by atoms with Gasteiger partial charge in [0, 0.05) is 41.6 Å². The van der Waals surface area contributed by atoms with Gasteiger partial charge in [0.05, 0.1) is 11.3 Å². The fraction of sp³-hybridized carbons (Fsp3) is 0.429. The van der Waals surface area contributed by atoms with Crippen LogP contribution in [0.3, 0.4) is 0 Å². The first-order valence-corrected chi connectivity index (χ1v) is 9.71. The highest BCUT2D eigenvalue weighted by Crippen LogP contribution is 2.39. The number of aromatic nitrogens is 1. The van der Waals surface area contributed by atoms with Crippen molar-refractivity contribution in [2.75, 3.05) is 19.6 Å². The molecule has 2 amide bonds. The minimum atomic E-state index is -1.05. The van der Waals surface area contributed by atoms with Gasteiger partial charge >= 0.3 is 12.0 Å². The number of aromatic amines is 1. The number of carbonyl (C=O) groups excluding carboxylic acids is 1. The number of para-hydroxylation sites is 1. The van der Waals surface area contributed by atoms with E-state index in [4.69, 9.17) is 0 Å². The average Bonchev–Trinajstić information content (AvgIpc) is 3.00. The van der Waals surface area contributed by atoms with Gasteiger partial charge in [-0.05, 0) is 31.0 Å². The number of aliphatic carboxylic acids is 1. The Balaban J connectivity index is 1.74. The lowest BCUT2D eigenvalue weighted by Crippen LogP contribution is -2.50. The van der Waals surface area contributed by atoms with Crippen LogP contribution >= 0.6 is 0 Å².